The number of rotatable bonds is 6. The second-order valence-electron chi connectivity index (χ2n) is 16.0. The molecule has 0 bridgehead atoms. The van der Waals surface area contributed by atoms with Crippen molar-refractivity contribution in [3.63, 3.8) is 0 Å². The predicted octanol–water partition coefficient (Wildman–Crippen LogP) is 16.1. The maximum absolute atomic E-state index is 6.31. The second-order valence-corrected chi connectivity index (χ2v) is 17.1. The molecule has 0 saturated heterocycles. The summed E-state index contributed by atoms with van der Waals surface area (Å²) in [6, 6.07) is 79.6. The van der Waals surface area contributed by atoms with E-state index in [0.717, 1.165) is 56.1 Å². The van der Waals surface area contributed by atoms with E-state index in [-0.39, 0.29) is 0 Å². The summed E-state index contributed by atoms with van der Waals surface area (Å²) in [5.74, 6) is 0. The van der Waals surface area contributed by atoms with Gasteiger partial charge in [0.05, 0.1) is 5.41 Å². The molecule has 1 spiro atoms. The number of anilines is 6. The normalized spacial score (nSPS) is 14.6. The van der Waals surface area contributed by atoms with Crippen molar-refractivity contribution in [2.75, 3.05) is 9.80 Å². The maximum Gasteiger partial charge on any atom is 0.135 e. The predicted molar refractivity (Wildman–Crippen MR) is 255 cm³/mol. The molecule has 2 aliphatic carbocycles. The lowest BCUT2D eigenvalue weighted by Crippen LogP contribution is -2.25. The first-order valence-corrected chi connectivity index (χ1v) is 21.7. The molecule has 0 amide bonds. The van der Waals surface area contributed by atoms with Crippen LogP contribution < -0.4 is 9.80 Å². The van der Waals surface area contributed by atoms with Crippen LogP contribution >= 0.6 is 11.3 Å². The van der Waals surface area contributed by atoms with E-state index in [0.29, 0.717) is 0 Å². The SMILES string of the molecule is c1ccc(N(c2ccccc2)c2ccc3c(c2)C2(c4ccccc4-c4ccc(N(c5ccccc5)c5ccc6oc7ccccc7c6c5)cc42)c2sc4ccccc4c2-3)cc1. The summed E-state index contributed by atoms with van der Waals surface area (Å²) in [6.07, 6.45) is 0. The lowest BCUT2D eigenvalue weighted by Gasteiger charge is -2.32. The van der Waals surface area contributed by atoms with E-state index < -0.39 is 5.41 Å². The third kappa shape index (κ3) is 4.91. The van der Waals surface area contributed by atoms with Crippen molar-refractivity contribution in [1.29, 1.82) is 0 Å². The van der Waals surface area contributed by atoms with Gasteiger partial charge in [0, 0.05) is 65.4 Å². The van der Waals surface area contributed by atoms with Crippen molar-refractivity contribution in [2.45, 2.75) is 5.41 Å². The zero-order valence-corrected chi connectivity index (χ0v) is 33.8. The average molecular weight is 797 g/mol. The Labute approximate surface area is 357 Å². The van der Waals surface area contributed by atoms with Crippen LogP contribution in [-0.2, 0) is 5.41 Å². The van der Waals surface area contributed by atoms with Crippen LogP contribution in [0.4, 0.5) is 34.1 Å². The largest absolute Gasteiger partial charge is 0.456 e. The van der Waals surface area contributed by atoms with E-state index in [1.807, 2.05) is 23.5 Å². The number of thiophene rings is 1. The van der Waals surface area contributed by atoms with E-state index in [2.05, 4.69) is 216 Å². The van der Waals surface area contributed by atoms with E-state index in [9.17, 15) is 0 Å². The van der Waals surface area contributed by atoms with Crippen LogP contribution in [0, 0.1) is 0 Å². The number of hydrogen-bond donors (Lipinski definition) is 0. The van der Waals surface area contributed by atoms with Crippen molar-refractivity contribution in [2.24, 2.45) is 0 Å². The molecule has 286 valence electrons. The Kier molecular flexibility index (Phi) is 7.39. The highest BCUT2D eigenvalue weighted by Crippen LogP contribution is 2.67. The van der Waals surface area contributed by atoms with Crippen LogP contribution in [-0.4, -0.2) is 0 Å². The first kappa shape index (κ1) is 34.2. The molecule has 2 aromatic heterocycles. The van der Waals surface area contributed by atoms with Gasteiger partial charge in [0.15, 0.2) is 0 Å². The number of para-hydroxylation sites is 4. The maximum atomic E-state index is 6.31. The van der Waals surface area contributed by atoms with Crippen LogP contribution in [0.3, 0.4) is 0 Å². The summed E-state index contributed by atoms with van der Waals surface area (Å²) in [6.45, 7) is 0. The van der Waals surface area contributed by atoms with Gasteiger partial charge in [0.2, 0.25) is 0 Å². The molecule has 4 heteroatoms. The molecule has 13 rings (SSSR count). The molecule has 61 heavy (non-hydrogen) atoms. The van der Waals surface area contributed by atoms with Crippen LogP contribution in [0.5, 0.6) is 0 Å². The summed E-state index contributed by atoms with van der Waals surface area (Å²) >= 11 is 1.95. The quantitative estimate of drug-likeness (QED) is 0.167. The molecular formula is C57H36N2OS. The minimum absolute atomic E-state index is 0.557. The van der Waals surface area contributed by atoms with Crippen molar-refractivity contribution in [3.05, 3.63) is 240 Å². The fraction of sp³-hybridized carbons (Fsp3) is 0.0175. The van der Waals surface area contributed by atoms with Gasteiger partial charge >= 0.3 is 0 Å². The van der Waals surface area contributed by atoms with Crippen LogP contribution in [0.25, 0.3) is 54.3 Å². The Balaban J connectivity index is 1.10. The molecule has 0 saturated carbocycles. The monoisotopic (exact) mass is 796 g/mol. The summed E-state index contributed by atoms with van der Waals surface area (Å²) < 4.78 is 7.62. The van der Waals surface area contributed by atoms with E-state index in [4.69, 9.17) is 4.42 Å². The Hall–Kier alpha value is -7.66. The van der Waals surface area contributed by atoms with Gasteiger partial charge in [0.1, 0.15) is 11.2 Å². The van der Waals surface area contributed by atoms with E-state index in [1.165, 1.54) is 53.9 Å². The summed E-state index contributed by atoms with van der Waals surface area (Å²) in [5.41, 5.74) is 17.0. The minimum atomic E-state index is -0.557. The van der Waals surface area contributed by atoms with Crippen molar-refractivity contribution < 1.29 is 4.42 Å². The van der Waals surface area contributed by atoms with Crippen molar-refractivity contribution in [3.8, 4) is 22.3 Å². The summed E-state index contributed by atoms with van der Waals surface area (Å²) in [7, 11) is 0. The number of benzene rings is 9. The van der Waals surface area contributed by atoms with Gasteiger partial charge < -0.3 is 14.2 Å². The Bertz CT molecular complexity index is 3460. The van der Waals surface area contributed by atoms with Gasteiger partial charge in [-0.25, -0.2) is 0 Å². The van der Waals surface area contributed by atoms with Gasteiger partial charge in [-0.2, -0.15) is 0 Å². The Morgan fingerprint density at radius 1 is 0.344 bits per heavy atom. The third-order valence-electron chi connectivity index (χ3n) is 12.8. The molecule has 0 radical (unpaired) electrons. The lowest BCUT2D eigenvalue weighted by molar-refractivity contribution is 0.669. The van der Waals surface area contributed by atoms with Gasteiger partial charge in [-0.1, -0.05) is 127 Å². The molecule has 1 unspecified atom stereocenters. The van der Waals surface area contributed by atoms with Crippen LogP contribution in [0.15, 0.2) is 223 Å². The third-order valence-corrected chi connectivity index (χ3v) is 14.1. The second kappa shape index (κ2) is 13.2. The average Bonchev–Trinajstić information content (AvgIpc) is 4.05. The van der Waals surface area contributed by atoms with Crippen molar-refractivity contribution >= 4 is 77.5 Å². The molecule has 0 aliphatic heterocycles. The zero-order valence-electron chi connectivity index (χ0n) is 33.0. The number of hydrogen-bond acceptors (Lipinski definition) is 4. The Morgan fingerprint density at radius 3 is 1.54 bits per heavy atom. The van der Waals surface area contributed by atoms with Gasteiger partial charge in [-0.3, -0.25) is 0 Å². The minimum Gasteiger partial charge on any atom is -0.456 e. The number of furan rings is 1. The van der Waals surface area contributed by atoms with Crippen LogP contribution in [0.2, 0.25) is 0 Å². The summed E-state index contributed by atoms with van der Waals surface area (Å²) in [4.78, 5) is 6.18. The molecule has 2 aliphatic rings. The highest BCUT2D eigenvalue weighted by Gasteiger charge is 2.54. The first-order chi connectivity index (χ1) is 30.3. The molecular weight excluding hydrogens is 761 g/mol. The molecule has 0 fully saturated rings. The number of fused-ring (bicyclic) bond motifs is 15. The first-order valence-electron chi connectivity index (χ1n) is 20.8. The smallest absolute Gasteiger partial charge is 0.135 e. The van der Waals surface area contributed by atoms with Crippen LogP contribution in [0.1, 0.15) is 21.6 Å². The van der Waals surface area contributed by atoms with E-state index >= 15 is 0 Å². The molecule has 3 nitrogen and oxygen atoms in total. The van der Waals surface area contributed by atoms with Gasteiger partial charge in [0.25, 0.3) is 0 Å². The highest BCUT2D eigenvalue weighted by atomic mass is 32.1. The zero-order chi connectivity index (χ0) is 40.1. The molecule has 9 aromatic carbocycles. The van der Waals surface area contributed by atoms with Gasteiger partial charge in [-0.05, 0) is 124 Å². The Morgan fingerprint density at radius 2 is 0.836 bits per heavy atom. The molecule has 1 atom stereocenters. The fourth-order valence-corrected chi connectivity index (χ4v) is 11.8. The highest BCUT2D eigenvalue weighted by molar-refractivity contribution is 7.20. The van der Waals surface area contributed by atoms with E-state index in [1.54, 1.807) is 0 Å². The van der Waals surface area contributed by atoms with Crippen molar-refractivity contribution in [1.82, 2.24) is 0 Å². The molecule has 0 N–H and O–H groups in total. The van der Waals surface area contributed by atoms with Gasteiger partial charge in [-0.15, -0.1) is 11.3 Å². The topological polar surface area (TPSA) is 19.6 Å². The fourth-order valence-electron chi connectivity index (χ4n) is 10.3. The number of nitrogens with zero attached hydrogens (tertiary/aromatic N) is 2. The lowest BCUT2D eigenvalue weighted by atomic mass is 9.73. The molecule has 2 heterocycles. The molecule has 11 aromatic rings. The standard InChI is InChI=1S/C57H36N2OS/c1-4-16-37(17-5-1)58(38-18-6-2-7-19-38)41-29-32-46-51(36-41)57(56-55(46)47-24-12-15-27-54(47)61-56)49-25-13-10-22-43(49)44-31-28-42(35-50(44)57)59(39-20-8-3-9-21-39)40-30-33-53-48(34-40)45-23-11-14-26-52(45)60-53/h1-36H. The summed E-state index contributed by atoms with van der Waals surface area (Å²) in [5, 5.41) is 3.53.